The van der Waals surface area contributed by atoms with Gasteiger partial charge >= 0.3 is 5.63 Å². The van der Waals surface area contributed by atoms with Gasteiger partial charge in [0.15, 0.2) is 6.29 Å². The summed E-state index contributed by atoms with van der Waals surface area (Å²) in [5.74, 6) is -0.407. The van der Waals surface area contributed by atoms with Crippen molar-refractivity contribution in [2.75, 3.05) is 13.2 Å². The quantitative estimate of drug-likeness (QED) is 0.177. The van der Waals surface area contributed by atoms with E-state index in [1.807, 2.05) is 0 Å². The zero-order valence-electron chi connectivity index (χ0n) is 20.5. The van der Waals surface area contributed by atoms with Gasteiger partial charge in [-0.3, -0.25) is 4.79 Å². The van der Waals surface area contributed by atoms with Gasteiger partial charge in [0.05, 0.1) is 13.2 Å². The molecule has 1 aromatic carbocycles. The topological polar surface area (TPSA) is 218 Å². The van der Waals surface area contributed by atoms with Crippen molar-refractivity contribution in [2.45, 2.75) is 75.2 Å². The van der Waals surface area contributed by atoms with Gasteiger partial charge in [0, 0.05) is 24.4 Å². The molecule has 14 nitrogen and oxygen atoms in total. The standard InChI is InChI=1S/C24H31NO13/c1-9-5-16(29)35-13-6-11(3-4-12(9)13)34-23-17(25-10(2)28)22(19(31)15(8-27)36-23)38-24-21(33)20(32)18(30)14(7-26)37-24/h3-6,14-15,17-24,26-27,30-33H,7-8H2,1-2H3,(H,25,28)/t14-,15-,17-,18+,19+,20+,21-,22-,23-,24+/m1/s1. The molecular weight excluding hydrogens is 510 g/mol. The zero-order valence-corrected chi connectivity index (χ0v) is 20.5. The molecule has 10 atom stereocenters. The first kappa shape index (κ1) is 28.4. The van der Waals surface area contributed by atoms with E-state index in [-0.39, 0.29) is 11.3 Å². The Hall–Kier alpha value is -2.66. The molecule has 1 amide bonds. The lowest BCUT2D eigenvalue weighted by molar-refractivity contribution is -0.339. The normalized spacial score (nSPS) is 35.7. The van der Waals surface area contributed by atoms with Crippen LogP contribution in [0.3, 0.4) is 0 Å². The fraction of sp³-hybridized carbons (Fsp3) is 0.583. The minimum Gasteiger partial charge on any atom is -0.462 e. The molecule has 3 heterocycles. The Labute approximate surface area is 215 Å². The van der Waals surface area contributed by atoms with Crippen molar-refractivity contribution in [3.8, 4) is 5.75 Å². The number of nitrogens with one attached hydrogen (secondary N) is 1. The summed E-state index contributed by atoms with van der Waals surface area (Å²) in [6, 6.07) is 4.74. The van der Waals surface area contributed by atoms with Crippen molar-refractivity contribution >= 4 is 16.9 Å². The van der Waals surface area contributed by atoms with Crippen molar-refractivity contribution in [1.82, 2.24) is 5.32 Å². The van der Waals surface area contributed by atoms with E-state index in [9.17, 15) is 40.2 Å². The fourth-order valence-corrected chi connectivity index (χ4v) is 4.57. The van der Waals surface area contributed by atoms with Gasteiger partial charge in [0.1, 0.15) is 60.1 Å². The van der Waals surface area contributed by atoms with Crippen LogP contribution in [-0.2, 0) is 19.0 Å². The number of hydrogen-bond acceptors (Lipinski definition) is 13. The lowest BCUT2D eigenvalue weighted by atomic mass is 9.95. The maximum absolute atomic E-state index is 12.1. The Bertz CT molecular complexity index is 1190. The fourth-order valence-electron chi connectivity index (χ4n) is 4.57. The van der Waals surface area contributed by atoms with Crippen LogP contribution in [0, 0.1) is 6.92 Å². The summed E-state index contributed by atoms with van der Waals surface area (Å²) >= 11 is 0. The van der Waals surface area contributed by atoms with Crippen molar-refractivity contribution in [1.29, 1.82) is 0 Å². The van der Waals surface area contributed by atoms with Gasteiger partial charge in [-0.2, -0.15) is 0 Å². The number of aliphatic hydroxyl groups is 6. The van der Waals surface area contributed by atoms with Gasteiger partial charge in [-0.1, -0.05) is 0 Å². The number of fused-ring (bicyclic) bond motifs is 1. The van der Waals surface area contributed by atoms with E-state index in [1.165, 1.54) is 19.1 Å². The molecule has 2 saturated heterocycles. The number of hydrogen-bond donors (Lipinski definition) is 7. The van der Waals surface area contributed by atoms with Crippen LogP contribution in [0.15, 0.2) is 33.5 Å². The molecule has 0 spiro atoms. The maximum Gasteiger partial charge on any atom is 0.336 e. The predicted octanol–water partition coefficient (Wildman–Crippen LogP) is -2.75. The number of aliphatic hydroxyl groups excluding tert-OH is 6. The van der Waals surface area contributed by atoms with Gasteiger partial charge in [0.2, 0.25) is 12.2 Å². The summed E-state index contributed by atoms with van der Waals surface area (Å²) in [5, 5.41) is 64.0. The molecule has 2 aliphatic rings. The van der Waals surface area contributed by atoms with Crippen LogP contribution in [-0.4, -0.2) is 111 Å². The van der Waals surface area contributed by atoms with Crippen molar-refractivity contribution < 1.29 is 58.8 Å². The summed E-state index contributed by atoms with van der Waals surface area (Å²) in [7, 11) is 0. The largest absolute Gasteiger partial charge is 0.462 e. The minimum absolute atomic E-state index is 0.159. The van der Waals surface area contributed by atoms with Gasteiger partial charge in [-0.25, -0.2) is 4.79 Å². The van der Waals surface area contributed by atoms with Crippen LogP contribution in [0.5, 0.6) is 5.75 Å². The predicted molar refractivity (Wildman–Crippen MR) is 126 cm³/mol. The molecule has 7 N–H and O–H groups in total. The summed E-state index contributed by atoms with van der Waals surface area (Å²) in [5.41, 5.74) is 0.352. The summed E-state index contributed by atoms with van der Waals surface area (Å²) in [6.45, 7) is 1.54. The molecule has 2 aliphatic heterocycles. The van der Waals surface area contributed by atoms with E-state index in [0.29, 0.717) is 10.9 Å². The van der Waals surface area contributed by atoms with Crippen molar-refractivity contribution in [3.63, 3.8) is 0 Å². The Morgan fingerprint density at radius 2 is 1.61 bits per heavy atom. The second-order valence-electron chi connectivity index (χ2n) is 9.26. The molecule has 0 unspecified atom stereocenters. The van der Waals surface area contributed by atoms with Crippen LogP contribution in [0.1, 0.15) is 12.5 Å². The summed E-state index contributed by atoms with van der Waals surface area (Å²) in [4.78, 5) is 23.9. The van der Waals surface area contributed by atoms with Crippen LogP contribution < -0.4 is 15.7 Å². The zero-order chi connectivity index (χ0) is 27.7. The summed E-state index contributed by atoms with van der Waals surface area (Å²) in [6.07, 6.45) is -13.8. The maximum atomic E-state index is 12.1. The van der Waals surface area contributed by atoms with Crippen LogP contribution in [0.25, 0.3) is 11.0 Å². The first-order chi connectivity index (χ1) is 18.0. The SMILES string of the molecule is CC(=O)N[C@H]1[C@H](Oc2ccc3c(C)cc(=O)oc3c2)O[C@H](CO)[C@H](O)[C@@H]1O[C@@H]1O[C@H](CO)[C@H](O)[C@H](O)[C@H]1O. The van der Waals surface area contributed by atoms with E-state index in [1.54, 1.807) is 19.1 Å². The van der Waals surface area contributed by atoms with E-state index in [4.69, 9.17) is 23.4 Å². The Kier molecular flexibility index (Phi) is 8.66. The number of carbonyl (C=O) groups excluding carboxylic acids is 1. The van der Waals surface area contributed by atoms with E-state index < -0.39 is 86.1 Å². The lowest BCUT2D eigenvalue weighted by Crippen LogP contribution is -2.68. The molecule has 0 bridgehead atoms. The smallest absolute Gasteiger partial charge is 0.336 e. The number of carbonyl (C=O) groups is 1. The number of ether oxygens (including phenoxy) is 4. The molecule has 38 heavy (non-hydrogen) atoms. The Morgan fingerprint density at radius 1 is 0.947 bits per heavy atom. The third kappa shape index (κ3) is 5.68. The number of aryl methyl sites for hydroxylation is 1. The van der Waals surface area contributed by atoms with Gasteiger partial charge in [-0.05, 0) is 24.6 Å². The average Bonchev–Trinajstić information content (AvgIpc) is 2.87. The highest BCUT2D eigenvalue weighted by Gasteiger charge is 2.52. The highest BCUT2D eigenvalue weighted by atomic mass is 16.7. The number of amides is 1. The molecule has 210 valence electrons. The molecule has 1 aromatic heterocycles. The second-order valence-corrected chi connectivity index (χ2v) is 9.26. The third-order valence-electron chi connectivity index (χ3n) is 6.54. The first-order valence-corrected chi connectivity index (χ1v) is 11.9. The van der Waals surface area contributed by atoms with Gasteiger partial charge < -0.3 is 59.3 Å². The Balaban J connectivity index is 1.65. The van der Waals surface area contributed by atoms with E-state index in [0.717, 1.165) is 0 Å². The highest BCUT2D eigenvalue weighted by Crippen LogP contribution is 2.31. The first-order valence-electron chi connectivity index (χ1n) is 11.9. The molecule has 14 heteroatoms. The molecule has 2 fully saturated rings. The molecular formula is C24H31NO13. The monoisotopic (exact) mass is 541 g/mol. The highest BCUT2D eigenvalue weighted by molar-refractivity contribution is 5.81. The molecule has 0 saturated carbocycles. The molecule has 0 aliphatic carbocycles. The minimum atomic E-state index is -1.79. The van der Waals surface area contributed by atoms with Crippen LogP contribution in [0.2, 0.25) is 0 Å². The van der Waals surface area contributed by atoms with Gasteiger partial charge in [0.25, 0.3) is 0 Å². The molecule has 4 rings (SSSR count). The third-order valence-corrected chi connectivity index (χ3v) is 6.54. The average molecular weight is 542 g/mol. The Morgan fingerprint density at radius 3 is 2.26 bits per heavy atom. The van der Waals surface area contributed by atoms with Crippen LogP contribution >= 0.6 is 0 Å². The number of benzene rings is 1. The van der Waals surface area contributed by atoms with Crippen molar-refractivity contribution in [3.05, 3.63) is 40.2 Å². The van der Waals surface area contributed by atoms with Gasteiger partial charge in [-0.15, -0.1) is 0 Å². The van der Waals surface area contributed by atoms with Crippen LogP contribution in [0.4, 0.5) is 0 Å². The molecule has 0 radical (unpaired) electrons. The lowest BCUT2D eigenvalue weighted by Gasteiger charge is -2.47. The second kappa shape index (κ2) is 11.6. The number of rotatable bonds is 7. The summed E-state index contributed by atoms with van der Waals surface area (Å²) < 4.78 is 28.0. The van der Waals surface area contributed by atoms with E-state index in [2.05, 4.69) is 5.32 Å². The van der Waals surface area contributed by atoms with E-state index >= 15 is 0 Å². The molecule has 2 aromatic rings. The van der Waals surface area contributed by atoms with Crippen molar-refractivity contribution in [2.24, 2.45) is 0 Å².